The normalized spacial score (nSPS) is 32.8. The lowest BCUT2D eigenvalue weighted by atomic mass is 9.74. The van der Waals surface area contributed by atoms with Crippen LogP contribution in [0, 0.1) is 23.7 Å². The van der Waals surface area contributed by atoms with Crippen molar-refractivity contribution in [2.24, 2.45) is 23.7 Å². The molecule has 2 nitrogen and oxygen atoms in total. The van der Waals surface area contributed by atoms with Crippen molar-refractivity contribution in [3.8, 4) is 0 Å². The van der Waals surface area contributed by atoms with Crippen LogP contribution >= 0.6 is 34.2 Å². The smallest absolute Gasteiger partial charge is 0.392 e. The number of alkyl halides is 10. The zero-order valence-corrected chi connectivity index (χ0v) is 16.0. The van der Waals surface area contributed by atoms with Gasteiger partial charge in [-0.3, -0.25) is 4.79 Å². The Labute approximate surface area is 162 Å². The molecule has 0 aromatic heterocycles. The molecule has 12 heteroatoms. The van der Waals surface area contributed by atoms with Gasteiger partial charge in [0.1, 0.15) is 0 Å². The zero-order chi connectivity index (χ0) is 20.3. The summed E-state index contributed by atoms with van der Waals surface area (Å²) in [4.78, 5) is 11.9. The Morgan fingerprint density at radius 3 is 2.04 bits per heavy atom. The first kappa shape index (κ1) is 22.2. The monoisotopic (exact) mass is 528 g/mol. The zero-order valence-electron chi connectivity index (χ0n) is 13.1. The lowest BCUT2D eigenvalue weighted by molar-refractivity contribution is -0.361. The molecular weight excluding hydrogens is 514 g/mol. The SMILES string of the molecule is CCOC(=O)[C@H]1C[C@@H]2C[C@H]1[C@@H](C(F)(F)C(F)(F)C(F)(F)C(F)(F)Cl)[C@@H]2I. The topological polar surface area (TPSA) is 26.3 Å². The molecule has 2 aliphatic rings. The first-order valence-corrected chi connectivity index (χ1v) is 9.24. The molecule has 0 aliphatic heterocycles. The Kier molecular flexibility index (Phi) is 5.78. The highest BCUT2D eigenvalue weighted by molar-refractivity contribution is 14.1. The largest absolute Gasteiger partial charge is 0.466 e. The van der Waals surface area contributed by atoms with Crippen LogP contribution in [0.25, 0.3) is 0 Å². The number of ether oxygens (including phenoxy) is 1. The number of carbonyl (C=O) groups is 1. The van der Waals surface area contributed by atoms with E-state index in [0.29, 0.717) is 0 Å². The quantitative estimate of drug-likeness (QED) is 0.201. The number of esters is 1. The summed E-state index contributed by atoms with van der Waals surface area (Å²) in [5.41, 5.74) is 0. The minimum Gasteiger partial charge on any atom is -0.466 e. The van der Waals surface area contributed by atoms with Crippen LogP contribution in [-0.2, 0) is 9.53 Å². The van der Waals surface area contributed by atoms with Gasteiger partial charge in [0.25, 0.3) is 0 Å². The highest BCUT2D eigenvalue weighted by Crippen LogP contribution is 2.65. The van der Waals surface area contributed by atoms with Gasteiger partial charge in [-0.2, -0.15) is 35.1 Å². The summed E-state index contributed by atoms with van der Waals surface area (Å²) in [5, 5.41) is -5.88. The van der Waals surface area contributed by atoms with Gasteiger partial charge in [0, 0.05) is 9.84 Å². The van der Waals surface area contributed by atoms with E-state index in [4.69, 9.17) is 4.74 Å². The molecule has 2 aliphatic carbocycles. The molecule has 26 heavy (non-hydrogen) atoms. The number of carbonyl (C=O) groups excluding carboxylic acids is 1. The lowest BCUT2D eigenvalue weighted by Gasteiger charge is -2.42. The fraction of sp³-hybridized carbons (Fsp3) is 0.929. The fourth-order valence-corrected chi connectivity index (χ4v) is 5.57. The molecule has 0 N–H and O–H groups in total. The van der Waals surface area contributed by atoms with Crippen molar-refractivity contribution in [3.63, 3.8) is 0 Å². The molecule has 0 radical (unpaired) electrons. The second-order valence-corrected chi connectivity index (χ2v) is 8.41. The van der Waals surface area contributed by atoms with Gasteiger partial charge in [-0.05, 0) is 43.2 Å². The van der Waals surface area contributed by atoms with Gasteiger partial charge < -0.3 is 4.74 Å². The van der Waals surface area contributed by atoms with E-state index in [1.54, 1.807) is 0 Å². The summed E-state index contributed by atoms with van der Waals surface area (Å²) in [6.07, 6.45) is 0.0214. The molecule has 0 unspecified atom stereocenters. The third kappa shape index (κ3) is 3.08. The summed E-state index contributed by atoms with van der Waals surface area (Å²) in [6.45, 7) is 1.38. The second-order valence-electron chi connectivity index (χ2n) is 6.49. The molecular formula is C14H14ClF8IO2. The van der Waals surface area contributed by atoms with Crippen LogP contribution in [0.3, 0.4) is 0 Å². The molecule has 0 heterocycles. The molecule has 0 saturated heterocycles. The number of fused-ring (bicyclic) bond motifs is 2. The standard InChI is InChI=1S/C14H14ClF8IO2/c1-2-26-10(25)7-4-5-3-6(7)8(9(5)24)11(16,17)12(18,19)13(20,21)14(15,22)23/h5-9H,2-4H2,1H3/t5-,6+,7-,8+,9+/m0/s1. The van der Waals surface area contributed by atoms with E-state index in [1.807, 2.05) is 0 Å². The number of halogens is 10. The van der Waals surface area contributed by atoms with Crippen molar-refractivity contribution >= 4 is 40.2 Å². The van der Waals surface area contributed by atoms with E-state index in [1.165, 1.54) is 29.5 Å². The Balaban J connectivity index is 2.40. The Bertz CT molecular complexity index is 568. The summed E-state index contributed by atoms with van der Waals surface area (Å²) >= 11 is 5.41. The lowest BCUT2D eigenvalue weighted by Crippen LogP contribution is -2.64. The average molecular weight is 529 g/mol. The van der Waals surface area contributed by atoms with E-state index in [0.717, 1.165) is 0 Å². The fourth-order valence-electron chi connectivity index (χ4n) is 3.88. The van der Waals surface area contributed by atoms with E-state index < -0.39 is 56.7 Å². The Hall–Kier alpha value is -0.0700. The molecule has 0 amide bonds. The van der Waals surface area contributed by atoms with Crippen molar-refractivity contribution in [1.82, 2.24) is 0 Å². The molecule has 152 valence electrons. The maximum atomic E-state index is 14.5. The number of rotatable bonds is 6. The summed E-state index contributed by atoms with van der Waals surface area (Å²) in [7, 11) is 0. The minimum atomic E-state index is -6.48. The van der Waals surface area contributed by atoms with E-state index >= 15 is 0 Å². The van der Waals surface area contributed by atoms with Crippen LogP contribution in [0.5, 0.6) is 0 Å². The van der Waals surface area contributed by atoms with E-state index in [-0.39, 0.29) is 19.4 Å². The van der Waals surface area contributed by atoms with Crippen molar-refractivity contribution < 1.29 is 44.7 Å². The highest BCUT2D eigenvalue weighted by Gasteiger charge is 2.83. The third-order valence-corrected chi connectivity index (χ3v) is 7.11. The molecule has 5 atom stereocenters. The molecule has 0 aromatic rings. The van der Waals surface area contributed by atoms with E-state index in [2.05, 4.69) is 11.6 Å². The summed E-state index contributed by atoms with van der Waals surface area (Å²) in [5.74, 6) is -24.8. The predicted octanol–water partition coefficient (Wildman–Crippen LogP) is 5.36. The van der Waals surface area contributed by atoms with Crippen LogP contribution in [0.4, 0.5) is 35.1 Å². The molecule has 2 bridgehead atoms. The maximum absolute atomic E-state index is 14.5. The van der Waals surface area contributed by atoms with Gasteiger partial charge in [0.2, 0.25) is 0 Å². The van der Waals surface area contributed by atoms with Crippen LogP contribution in [0.15, 0.2) is 0 Å². The van der Waals surface area contributed by atoms with Gasteiger partial charge in [0.05, 0.1) is 12.5 Å². The summed E-state index contributed by atoms with van der Waals surface area (Å²) in [6, 6.07) is 0. The van der Waals surface area contributed by atoms with Crippen LogP contribution < -0.4 is 0 Å². The molecule has 2 saturated carbocycles. The van der Waals surface area contributed by atoms with Gasteiger partial charge >= 0.3 is 29.1 Å². The summed E-state index contributed by atoms with van der Waals surface area (Å²) < 4.78 is 113. The number of hydrogen-bond acceptors (Lipinski definition) is 2. The first-order valence-electron chi connectivity index (χ1n) is 7.62. The van der Waals surface area contributed by atoms with Crippen LogP contribution in [0.2, 0.25) is 0 Å². The molecule has 2 fully saturated rings. The van der Waals surface area contributed by atoms with Gasteiger partial charge in [-0.1, -0.05) is 22.6 Å². The number of hydrogen-bond donors (Lipinski definition) is 0. The Morgan fingerprint density at radius 2 is 1.62 bits per heavy atom. The van der Waals surface area contributed by atoms with Crippen molar-refractivity contribution in [2.45, 2.75) is 46.8 Å². The van der Waals surface area contributed by atoms with Gasteiger partial charge in [-0.15, -0.1) is 0 Å². The molecule has 0 spiro atoms. The third-order valence-electron chi connectivity index (χ3n) is 5.08. The maximum Gasteiger partial charge on any atom is 0.392 e. The van der Waals surface area contributed by atoms with Crippen LogP contribution in [0.1, 0.15) is 19.8 Å². The average Bonchev–Trinajstić information content (AvgIpc) is 3.03. The van der Waals surface area contributed by atoms with Crippen molar-refractivity contribution in [2.75, 3.05) is 6.61 Å². The highest BCUT2D eigenvalue weighted by atomic mass is 127. The van der Waals surface area contributed by atoms with Crippen LogP contribution in [-0.4, -0.2) is 39.7 Å². The molecule has 0 aromatic carbocycles. The van der Waals surface area contributed by atoms with E-state index in [9.17, 15) is 39.9 Å². The van der Waals surface area contributed by atoms with Gasteiger partial charge in [0.15, 0.2) is 0 Å². The second kappa shape index (κ2) is 6.77. The van der Waals surface area contributed by atoms with Crippen molar-refractivity contribution in [1.29, 1.82) is 0 Å². The first-order chi connectivity index (χ1) is 11.6. The predicted molar refractivity (Wildman–Crippen MR) is 83.3 cm³/mol. The van der Waals surface area contributed by atoms with Gasteiger partial charge in [-0.25, -0.2) is 0 Å². The van der Waals surface area contributed by atoms with Crippen molar-refractivity contribution in [3.05, 3.63) is 0 Å². The molecule has 2 rings (SSSR count). The Morgan fingerprint density at radius 1 is 1.08 bits per heavy atom. The minimum absolute atomic E-state index is 0.0732.